The molecule has 1 aromatic rings. The van der Waals surface area contributed by atoms with Gasteiger partial charge in [0.15, 0.2) is 5.78 Å². The largest absolute Gasteiger partial charge is 0.294 e. The van der Waals surface area contributed by atoms with Crippen molar-refractivity contribution in [3.63, 3.8) is 0 Å². The van der Waals surface area contributed by atoms with Gasteiger partial charge in [-0.3, -0.25) is 4.79 Å². The second-order valence-corrected chi connectivity index (χ2v) is 5.48. The molecule has 0 spiro atoms. The van der Waals surface area contributed by atoms with E-state index in [0.717, 1.165) is 18.4 Å². The molecule has 0 saturated heterocycles. The highest BCUT2D eigenvalue weighted by atomic mass is 16.1. The predicted octanol–water partition coefficient (Wildman–Crippen LogP) is 3.48. The topological polar surface area (TPSA) is 17.1 Å². The molecule has 0 aromatic heterocycles. The van der Waals surface area contributed by atoms with Crippen LogP contribution in [0.1, 0.15) is 43.1 Å². The fourth-order valence-electron chi connectivity index (χ4n) is 2.42. The SMILES string of the molecule is CC(C)(C)[C@H]1CCc2ccccc2C1=O. The van der Waals surface area contributed by atoms with Gasteiger partial charge in [0, 0.05) is 11.5 Å². The van der Waals surface area contributed by atoms with Crippen LogP contribution in [0, 0.1) is 11.3 Å². The predicted molar refractivity (Wildman–Crippen MR) is 62.0 cm³/mol. The van der Waals surface area contributed by atoms with E-state index in [1.54, 1.807) is 0 Å². The number of benzene rings is 1. The standard InChI is InChI=1S/C14H18O/c1-14(2,3)12-9-8-10-6-4-5-7-11(10)13(12)15/h4-7,12H,8-9H2,1-3H3/t12-/m0/s1. The summed E-state index contributed by atoms with van der Waals surface area (Å²) in [5, 5.41) is 0. The summed E-state index contributed by atoms with van der Waals surface area (Å²) < 4.78 is 0. The number of carbonyl (C=O) groups excluding carboxylic acids is 1. The summed E-state index contributed by atoms with van der Waals surface area (Å²) in [5.41, 5.74) is 2.26. The quantitative estimate of drug-likeness (QED) is 0.629. The van der Waals surface area contributed by atoms with E-state index in [1.807, 2.05) is 18.2 Å². The van der Waals surface area contributed by atoms with Gasteiger partial charge in [-0.25, -0.2) is 0 Å². The molecule has 0 N–H and O–H groups in total. The molecular formula is C14H18O. The van der Waals surface area contributed by atoms with Crippen molar-refractivity contribution < 1.29 is 4.79 Å². The number of Topliss-reactive ketones (excluding diaryl/α,β-unsaturated/α-hetero) is 1. The van der Waals surface area contributed by atoms with Crippen LogP contribution in [0.25, 0.3) is 0 Å². The molecule has 0 radical (unpaired) electrons. The van der Waals surface area contributed by atoms with E-state index in [1.165, 1.54) is 5.56 Å². The van der Waals surface area contributed by atoms with Crippen LogP contribution in [0.4, 0.5) is 0 Å². The summed E-state index contributed by atoms with van der Waals surface area (Å²) in [4.78, 5) is 12.3. The zero-order valence-electron chi connectivity index (χ0n) is 9.71. The third-order valence-electron chi connectivity index (χ3n) is 3.35. The fourth-order valence-corrected chi connectivity index (χ4v) is 2.42. The first-order valence-electron chi connectivity index (χ1n) is 5.62. The number of ketones is 1. The Morgan fingerprint density at radius 3 is 2.53 bits per heavy atom. The van der Waals surface area contributed by atoms with Gasteiger partial charge in [0.25, 0.3) is 0 Å². The molecule has 15 heavy (non-hydrogen) atoms. The molecule has 80 valence electrons. The molecule has 0 unspecified atom stereocenters. The van der Waals surface area contributed by atoms with E-state index in [-0.39, 0.29) is 11.3 Å². The normalized spacial score (nSPS) is 21.3. The first-order valence-corrected chi connectivity index (χ1v) is 5.62. The molecule has 2 rings (SSSR count). The van der Waals surface area contributed by atoms with Gasteiger partial charge in [-0.1, -0.05) is 45.0 Å². The van der Waals surface area contributed by atoms with Gasteiger partial charge in [-0.05, 0) is 23.8 Å². The molecule has 0 heterocycles. The summed E-state index contributed by atoms with van der Waals surface area (Å²) >= 11 is 0. The Bertz CT molecular complexity index is 385. The second kappa shape index (κ2) is 3.48. The van der Waals surface area contributed by atoms with Crippen molar-refractivity contribution in [3.05, 3.63) is 35.4 Å². The minimum absolute atomic E-state index is 0.0879. The van der Waals surface area contributed by atoms with Crippen molar-refractivity contribution in [1.29, 1.82) is 0 Å². The van der Waals surface area contributed by atoms with E-state index in [2.05, 4.69) is 26.8 Å². The molecule has 0 amide bonds. The number of hydrogen-bond donors (Lipinski definition) is 0. The van der Waals surface area contributed by atoms with Crippen molar-refractivity contribution in [2.45, 2.75) is 33.6 Å². The van der Waals surface area contributed by atoms with Gasteiger partial charge in [-0.2, -0.15) is 0 Å². The van der Waals surface area contributed by atoms with E-state index < -0.39 is 0 Å². The van der Waals surface area contributed by atoms with E-state index >= 15 is 0 Å². The lowest BCUT2D eigenvalue weighted by molar-refractivity contribution is 0.0788. The monoisotopic (exact) mass is 202 g/mol. The minimum Gasteiger partial charge on any atom is -0.294 e. The number of hydrogen-bond acceptors (Lipinski definition) is 1. The zero-order valence-corrected chi connectivity index (χ0v) is 9.71. The Balaban J connectivity index is 2.38. The molecular weight excluding hydrogens is 184 g/mol. The van der Waals surface area contributed by atoms with Gasteiger partial charge in [-0.15, -0.1) is 0 Å². The average molecular weight is 202 g/mol. The van der Waals surface area contributed by atoms with Crippen molar-refractivity contribution >= 4 is 5.78 Å². The molecule has 0 bridgehead atoms. The van der Waals surface area contributed by atoms with Crippen LogP contribution in [0.3, 0.4) is 0 Å². The number of aryl methyl sites for hydroxylation is 1. The lowest BCUT2D eigenvalue weighted by atomic mass is 9.70. The fraction of sp³-hybridized carbons (Fsp3) is 0.500. The summed E-state index contributed by atoms with van der Waals surface area (Å²) in [6.45, 7) is 6.47. The number of rotatable bonds is 0. The lowest BCUT2D eigenvalue weighted by Crippen LogP contribution is -2.32. The molecule has 0 saturated carbocycles. The van der Waals surface area contributed by atoms with Crippen LogP contribution >= 0.6 is 0 Å². The first kappa shape index (κ1) is 10.4. The van der Waals surface area contributed by atoms with Crippen LogP contribution in [0.2, 0.25) is 0 Å². The van der Waals surface area contributed by atoms with Gasteiger partial charge < -0.3 is 0 Å². The van der Waals surface area contributed by atoms with Gasteiger partial charge in [0.2, 0.25) is 0 Å². The molecule has 1 aliphatic rings. The molecule has 1 aliphatic carbocycles. The number of carbonyl (C=O) groups is 1. The average Bonchev–Trinajstić information content (AvgIpc) is 2.16. The highest BCUT2D eigenvalue weighted by Gasteiger charge is 2.35. The van der Waals surface area contributed by atoms with E-state index in [0.29, 0.717) is 5.78 Å². The van der Waals surface area contributed by atoms with Crippen LogP contribution in [-0.4, -0.2) is 5.78 Å². The van der Waals surface area contributed by atoms with Crippen molar-refractivity contribution in [2.24, 2.45) is 11.3 Å². The highest BCUT2D eigenvalue weighted by Crippen LogP contribution is 2.36. The van der Waals surface area contributed by atoms with Gasteiger partial charge >= 0.3 is 0 Å². The van der Waals surface area contributed by atoms with Gasteiger partial charge in [0.1, 0.15) is 0 Å². The molecule has 0 aliphatic heterocycles. The van der Waals surface area contributed by atoms with Gasteiger partial charge in [0.05, 0.1) is 0 Å². The molecule has 1 nitrogen and oxygen atoms in total. The van der Waals surface area contributed by atoms with Crippen molar-refractivity contribution in [1.82, 2.24) is 0 Å². The zero-order chi connectivity index (χ0) is 11.1. The third kappa shape index (κ3) is 1.83. The molecule has 1 atom stereocenters. The number of fused-ring (bicyclic) bond motifs is 1. The molecule has 1 aromatic carbocycles. The second-order valence-electron chi connectivity index (χ2n) is 5.48. The highest BCUT2D eigenvalue weighted by molar-refractivity contribution is 6.00. The van der Waals surface area contributed by atoms with Crippen molar-refractivity contribution in [2.75, 3.05) is 0 Å². The maximum Gasteiger partial charge on any atom is 0.166 e. The maximum absolute atomic E-state index is 12.3. The summed E-state index contributed by atoms with van der Waals surface area (Å²) in [5.74, 6) is 0.525. The Kier molecular flexibility index (Phi) is 2.41. The summed E-state index contributed by atoms with van der Waals surface area (Å²) in [7, 11) is 0. The first-order chi connectivity index (χ1) is 7.00. The van der Waals surface area contributed by atoms with Crippen LogP contribution in [0.15, 0.2) is 24.3 Å². The third-order valence-corrected chi connectivity index (χ3v) is 3.35. The Hall–Kier alpha value is -1.11. The van der Waals surface area contributed by atoms with Crippen LogP contribution in [0.5, 0.6) is 0 Å². The summed E-state index contributed by atoms with van der Waals surface area (Å²) in [6.07, 6.45) is 2.04. The van der Waals surface area contributed by atoms with Crippen LogP contribution < -0.4 is 0 Å². The van der Waals surface area contributed by atoms with Crippen LogP contribution in [-0.2, 0) is 6.42 Å². The maximum atomic E-state index is 12.3. The molecule has 0 fully saturated rings. The van der Waals surface area contributed by atoms with E-state index in [9.17, 15) is 4.79 Å². The molecule has 1 heteroatoms. The summed E-state index contributed by atoms with van der Waals surface area (Å²) in [6, 6.07) is 8.02. The van der Waals surface area contributed by atoms with Crippen molar-refractivity contribution in [3.8, 4) is 0 Å². The lowest BCUT2D eigenvalue weighted by Gasteiger charge is -2.33. The Morgan fingerprint density at radius 1 is 1.20 bits per heavy atom. The Labute approximate surface area is 91.5 Å². The van der Waals surface area contributed by atoms with E-state index in [4.69, 9.17) is 0 Å². The smallest absolute Gasteiger partial charge is 0.166 e. The Morgan fingerprint density at radius 2 is 1.87 bits per heavy atom. The minimum atomic E-state index is 0.0879.